The molecule has 0 saturated carbocycles. The van der Waals surface area contributed by atoms with Crippen molar-refractivity contribution in [3.05, 3.63) is 131 Å². The zero-order chi connectivity index (χ0) is 28.5. The Bertz CT molecular complexity index is 1520. The lowest BCUT2D eigenvalue weighted by Crippen LogP contribution is -2.30. The molecule has 4 rings (SSSR count). The molecule has 4 aromatic carbocycles. The van der Waals surface area contributed by atoms with Crippen LogP contribution in [0, 0.1) is 6.92 Å². The molecule has 202 valence electrons. The van der Waals surface area contributed by atoms with Gasteiger partial charge in [-0.3, -0.25) is 14.4 Å². The number of carbonyl (C=O) groups excluding carboxylic acids is 3. The van der Waals surface area contributed by atoms with Gasteiger partial charge in [-0.25, -0.2) is 0 Å². The zero-order valence-electron chi connectivity index (χ0n) is 22.0. The van der Waals surface area contributed by atoms with Gasteiger partial charge < -0.3 is 16.0 Å². The number of hydrogen-bond donors (Lipinski definition) is 3. The van der Waals surface area contributed by atoms with E-state index in [0.29, 0.717) is 22.0 Å². The molecule has 0 bridgehead atoms. The first-order valence-electron chi connectivity index (χ1n) is 12.6. The zero-order valence-corrected chi connectivity index (χ0v) is 23.6. The third-order valence-electron chi connectivity index (χ3n) is 5.87. The maximum absolute atomic E-state index is 13.2. The largest absolute Gasteiger partial charge is 0.325 e. The molecule has 0 aromatic heterocycles. The van der Waals surface area contributed by atoms with Gasteiger partial charge in [0.1, 0.15) is 5.70 Å². The highest BCUT2D eigenvalue weighted by Crippen LogP contribution is 2.27. The molecule has 6 nitrogen and oxygen atoms in total. The Morgan fingerprint density at radius 1 is 0.800 bits per heavy atom. The SMILES string of the molecule is Cc1ccc(NC(=O)C(C)Sc2ccc(NC(=O)/C(=C/c3ccccc3)NC(=O)c3ccccc3)cc2)cc1Cl. The molecular weight excluding hydrogens is 542 g/mol. The summed E-state index contributed by atoms with van der Waals surface area (Å²) in [5.74, 6) is -0.991. The molecule has 40 heavy (non-hydrogen) atoms. The van der Waals surface area contributed by atoms with Crippen molar-refractivity contribution in [2.45, 2.75) is 24.0 Å². The first-order valence-corrected chi connectivity index (χ1v) is 13.8. The summed E-state index contributed by atoms with van der Waals surface area (Å²) in [6.45, 7) is 3.72. The molecular formula is C32H28ClN3O3S. The summed E-state index contributed by atoms with van der Waals surface area (Å²) in [6, 6.07) is 30.6. The summed E-state index contributed by atoms with van der Waals surface area (Å²) in [4.78, 5) is 39.5. The maximum atomic E-state index is 13.2. The monoisotopic (exact) mass is 569 g/mol. The number of aryl methyl sites for hydroxylation is 1. The lowest BCUT2D eigenvalue weighted by Gasteiger charge is -2.14. The van der Waals surface area contributed by atoms with Crippen molar-refractivity contribution in [3.8, 4) is 0 Å². The fourth-order valence-corrected chi connectivity index (χ4v) is 4.69. The average molecular weight is 570 g/mol. The van der Waals surface area contributed by atoms with Crippen molar-refractivity contribution < 1.29 is 14.4 Å². The molecule has 0 aliphatic rings. The highest BCUT2D eigenvalue weighted by atomic mass is 35.5. The quantitative estimate of drug-likeness (QED) is 0.147. The van der Waals surface area contributed by atoms with Crippen molar-refractivity contribution in [1.82, 2.24) is 5.32 Å². The van der Waals surface area contributed by atoms with Crippen molar-refractivity contribution in [3.63, 3.8) is 0 Å². The lowest BCUT2D eigenvalue weighted by molar-refractivity contribution is -0.115. The molecule has 3 amide bonds. The minimum absolute atomic E-state index is 0.111. The van der Waals surface area contributed by atoms with E-state index in [1.54, 1.807) is 48.5 Å². The first kappa shape index (κ1) is 28.7. The van der Waals surface area contributed by atoms with Gasteiger partial charge in [0.15, 0.2) is 0 Å². The Kier molecular flexibility index (Phi) is 9.78. The van der Waals surface area contributed by atoms with Crippen molar-refractivity contribution in [2.24, 2.45) is 0 Å². The molecule has 0 aliphatic heterocycles. The lowest BCUT2D eigenvalue weighted by atomic mass is 10.1. The van der Waals surface area contributed by atoms with E-state index in [2.05, 4.69) is 16.0 Å². The fourth-order valence-electron chi connectivity index (χ4n) is 3.65. The molecule has 3 N–H and O–H groups in total. The number of nitrogens with one attached hydrogen (secondary N) is 3. The van der Waals surface area contributed by atoms with Crippen LogP contribution in [0.25, 0.3) is 6.08 Å². The average Bonchev–Trinajstić information content (AvgIpc) is 2.96. The number of halogens is 1. The molecule has 4 aromatic rings. The minimum Gasteiger partial charge on any atom is -0.325 e. The molecule has 0 radical (unpaired) electrons. The highest BCUT2D eigenvalue weighted by molar-refractivity contribution is 8.00. The van der Waals surface area contributed by atoms with Crippen LogP contribution in [0.15, 0.2) is 114 Å². The fraction of sp³-hybridized carbons (Fsp3) is 0.0938. The van der Waals surface area contributed by atoms with Crippen LogP contribution >= 0.6 is 23.4 Å². The van der Waals surface area contributed by atoms with Gasteiger partial charge in [-0.1, -0.05) is 66.2 Å². The summed E-state index contributed by atoms with van der Waals surface area (Å²) < 4.78 is 0. The minimum atomic E-state index is -0.460. The summed E-state index contributed by atoms with van der Waals surface area (Å²) in [6.07, 6.45) is 1.63. The van der Waals surface area contributed by atoms with Gasteiger partial charge in [0.05, 0.1) is 5.25 Å². The Balaban J connectivity index is 1.41. The van der Waals surface area contributed by atoms with Crippen molar-refractivity contribution in [2.75, 3.05) is 10.6 Å². The van der Waals surface area contributed by atoms with Crippen LogP contribution < -0.4 is 16.0 Å². The Morgan fingerprint density at radius 2 is 1.43 bits per heavy atom. The Morgan fingerprint density at radius 3 is 2.08 bits per heavy atom. The van der Waals surface area contributed by atoms with Crippen LogP contribution in [0.1, 0.15) is 28.4 Å². The van der Waals surface area contributed by atoms with Gasteiger partial charge in [0.2, 0.25) is 5.91 Å². The molecule has 0 aliphatic carbocycles. The number of hydrogen-bond acceptors (Lipinski definition) is 4. The predicted molar refractivity (Wildman–Crippen MR) is 164 cm³/mol. The molecule has 0 heterocycles. The summed E-state index contributed by atoms with van der Waals surface area (Å²) in [5, 5.41) is 8.69. The van der Waals surface area contributed by atoms with E-state index < -0.39 is 5.91 Å². The Hall–Kier alpha value is -4.33. The van der Waals surface area contributed by atoms with Crippen LogP contribution in [0.5, 0.6) is 0 Å². The van der Waals surface area contributed by atoms with Crippen molar-refractivity contribution >= 4 is 58.5 Å². The second-order valence-electron chi connectivity index (χ2n) is 8.98. The maximum Gasteiger partial charge on any atom is 0.272 e. The van der Waals surface area contributed by atoms with Gasteiger partial charge in [0.25, 0.3) is 11.8 Å². The van der Waals surface area contributed by atoms with E-state index in [9.17, 15) is 14.4 Å². The second kappa shape index (κ2) is 13.6. The number of thioether (sulfide) groups is 1. The molecule has 8 heteroatoms. The summed E-state index contributed by atoms with van der Waals surface area (Å²) >= 11 is 7.55. The number of rotatable bonds is 9. The van der Waals surface area contributed by atoms with Gasteiger partial charge in [0, 0.05) is 26.9 Å². The summed E-state index contributed by atoms with van der Waals surface area (Å²) in [7, 11) is 0. The van der Waals surface area contributed by atoms with Gasteiger partial charge >= 0.3 is 0 Å². The van der Waals surface area contributed by atoms with E-state index in [4.69, 9.17) is 11.6 Å². The number of anilines is 2. The topological polar surface area (TPSA) is 87.3 Å². The molecule has 1 unspecified atom stereocenters. The number of amides is 3. The number of benzene rings is 4. The van der Waals surface area contributed by atoms with Crippen LogP contribution in [0.3, 0.4) is 0 Å². The second-order valence-corrected chi connectivity index (χ2v) is 10.8. The van der Waals surface area contributed by atoms with E-state index in [1.807, 2.05) is 74.5 Å². The third-order valence-corrected chi connectivity index (χ3v) is 7.39. The normalized spacial score (nSPS) is 11.8. The van der Waals surface area contributed by atoms with E-state index in [-0.39, 0.29) is 22.8 Å². The van der Waals surface area contributed by atoms with Crippen LogP contribution in [0.2, 0.25) is 5.02 Å². The third kappa shape index (κ3) is 8.09. The van der Waals surface area contributed by atoms with Gasteiger partial charge in [-0.15, -0.1) is 11.8 Å². The van der Waals surface area contributed by atoms with Gasteiger partial charge in [-0.05, 0) is 79.6 Å². The Labute approximate surface area is 242 Å². The summed E-state index contributed by atoms with van der Waals surface area (Å²) in [5.41, 5.74) is 3.46. The van der Waals surface area contributed by atoms with Crippen LogP contribution in [-0.2, 0) is 9.59 Å². The highest BCUT2D eigenvalue weighted by Gasteiger charge is 2.17. The molecule has 0 saturated heterocycles. The van der Waals surface area contributed by atoms with E-state index >= 15 is 0 Å². The van der Waals surface area contributed by atoms with Gasteiger partial charge in [-0.2, -0.15) is 0 Å². The van der Waals surface area contributed by atoms with Crippen LogP contribution in [-0.4, -0.2) is 23.0 Å². The molecule has 0 fully saturated rings. The molecule has 0 spiro atoms. The van der Waals surface area contributed by atoms with Crippen LogP contribution in [0.4, 0.5) is 11.4 Å². The number of carbonyl (C=O) groups is 3. The van der Waals surface area contributed by atoms with E-state index in [0.717, 1.165) is 16.0 Å². The van der Waals surface area contributed by atoms with Crippen molar-refractivity contribution in [1.29, 1.82) is 0 Å². The first-order chi connectivity index (χ1) is 19.3. The smallest absolute Gasteiger partial charge is 0.272 e. The standard InChI is InChI=1S/C32H28ClN3O3S/c1-21-13-14-26(20-28(21)33)35-30(37)22(2)40-27-17-15-25(16-18-27)34-32(39)29(19-23-9-5-3-6-10-23)36-31(38)24-11-7-4-8-12-24/h3-20,22H,1-2H3,(H,34,39)(H,35,37)(H,36,38)/b29-19-. The van der Waals surface area contributed by atoms with E-state index in [1.165, 1.54) is 11.8 Å². The molecule has 1 atom stereocenters. The predicted octanol–water partition coefficient (Wildman–Crippen LogP) is 7.18.